The van der Waals surface area contributed by atoms with E-state index in [0.29, 0.717) is 22.3 Å². The van der Waals surface area contributed by atoms with E-state index in [-0.39, 0.29) is 10.7 Å². The quantitative estimate of drug-likeness (QED) is 0.742. The van der Waals surface area contributed by atoms with Gasteiger partial charge in [0.25, 0.3) is 5.91 Å². The highest BCUT2D eigenvalue weighted by Gasteiger charge is 2.15. The first kappa shape index (κ1) is 16.8. The third-order valence-electron chi connectivity index (χ3n) is 3.24. The van der Waals surface area contributed by atoms with Crippen molar-refractivity contribution in [2.75, 3.05) is 5.32 Å². The molecule has 3 rings (SSSR count). The van der Waals surface area contributed by atoms with Crippen molar-refractivity contribution in [3.05, 3.63) is 63.1 Å². The van der Waals surface area contributed by atoms with Gasteiger partial charge in [-0.1, -0.05) is 40.9 Å². The Morgan fingerprint density at radius 3 is 2.67 bits per heavy atom. The number of halogens is 3. The summed E-state index contributed by atoms with van der Waals surface area (Å²) in [7, 11) is 1.69. The van der Waals surface area contributed by atoms with Crippen molar-refractivity contribution in [2.24, 2.45) is 7.05 Å². The molecule has 0 radical (unpaired) electrons. The van der Waals surface area contributed by atoms with Crippen LogP contribution in [-0.2, 0) is 13.6 Å². The van der Waals surface area contributed by atoms with Gasteiger partial charge in [-0.3, -0.25) is 14.2 Å². The molecule has 0 aliphatic carbocycles. The Morgan fingerprint density at radius 2 is 2.00 bits per heavy atom. The molecule has 3 aromatic rings. The summed E-state index contributed by atoms with van der Waals surface area (Å²) in [6, 6.07) is 5.27. The molecular formula is C15H12Cl3N5O. The molecule has 2 heterocycles. The van der Waals surface area contributed by atoms with Crippen molar-refractivity contribution in [1.29, 1.82) is 0 Å². The van der Waals surface area contributed by atoms with Crippen LogP contribution in [0.2, 0.25) is 15.1 Å². The number of hydrogen-bond acceptors (Lipinski definition) is 3. The number of carbonyl (C=O) groups is 1. The van der Waals surface area contributed by atoms with E-state index in [1.165, 1.54) is 4.68 Å². The number of carbonyl (C=O) groups excluding carboxylic acids is 1. The first-order valence-electron chi connectivity index (χ1n) is 6.89. The van der Waals surface area contributed by atoms with Gasteiger partial charge in [-0.15, -0.1) is 0 Å². The molecule has 9 heteroatoms. The van der Waals surface area contributed by atoms with Gasteiger partial charge in [0.05, 0.1) is 23.5 Å². The molecule has 6 nitrogen and oxygen atoms in total. The highest BCUT2D eigenvalue weighted by atomic mass is 35.5. The normalized spacial score (nSPS) is 10.8. The second-order valence-electron chi connectivity index (χ2n) is 5.12. The summed E-state index contributed by atoms with van der Waals surface area (Å²) in [5.74, 6) is -0.398. The predicted molar refractivity (Wildman–Crippen MR) is 94.0 cm³/mol. The average Bonchev–Trinajstić information content (AvgIpc) is 3.08. The van der Waals surface area contributed by atoms with Crippen LogP contribution in [0.5, 0.6) is 0 Å². The van der Waals surface area contributed by atoms with Crippen molar-refractivity contribution in [1.82, 2.24) is 19.6 Å². The average molecular weight is 385 g/mol. The molecule has 1 N–H and O–H groups in total. The van der Waals surface area contributed by atoms with Crippen molar-refractivity contribution in [3.8, 4) is 0 Å². The number of amides is 1. The van der Waals surface area contributed by atoms with Gasteiger partial charge in [0.15, 0.2) is 5.69 Å². The van der Waals surface area contributed by atoms with Gasteiger partial charge in [-0.05, 0) is 17.7 Å². The molecule has 1 aromatic carbocycles. The van der Waals surface area contributed by atoms with Crippen LogP contribution in [0.15, 0.2) is 36.8 Å². The van der Waals surface area contributed by atoms with Gasteiger partial charge in [-0.25, -0.2) is 0 Å². The SMILES string of the molecule is Cn1cc(Cl)c(C(=O)Nc2cnn(Cc3ccc(Cl)cc3Cl)c2)n1. The van der Waals surface area contributed by atoms with Gasteiger partial charge >= 0.3 is 0 Å². The Morgan fingerprint density at radius 1 is 1.21 bits per heavy atom. The maximum absolute atomic E-state index is 12.2. The lowest BCUT2D eigenvalue weighted by Crippen LogP contribution is -2.13. The number of aryl methyl sites for hydroxylation is 1. The summed E-state index contributed by atoms with van der Waals surface area (Å²) in [6.07, 6.45) is 4.79. The fraction of sp³-hybridized carbons (Fsp3) is 0.133. The fourth-order valence-electron chi connectivity index (χ4n) is 2.14. The first-order valence-corrected chi connectivity index (χ1v) is 8.02. The number of benzene rings is 1. The van der Waals surface area contributed by atoms with Gasteiger partial charge in [0.1, 0.15) is 0 Å². The summed E-state index contributed by atoms with van der Waals surface area (Å²) in [5.41, 5.74) is 1.56. The molecule has 1 amide bonds. The van der Waals surface area contributed by atoms with Crippen LogP contribution in [0, 0.1) is 0 Å². The second-order valence-corrected chi connectivity index (χ2v) is 6.37. The Balaban J connectivity index is 1.71. The number of anilines is 1. The monoisotopic (exact) mass is 383 g/mol. The van der Waals surface area contributed by atoms with E-state index >= 15 is 0 Å². The lowest BCUT2D eigenvalue weighted by atomic mass is 10.2. The van der Waals surface area contributed by atoms with Crippen LogP contribution in [0.1, 0.15) is 16.1 Å². The minimum Gasteiger partial charge on any atom is -0.318 e. The van der Waals surface area contributed by atoms with Gasteiger partial charge in [-0.2, -0.15) is 10.2 Å². The summed E-state index contributed by atoms with van der Waals surface area (Å²) in [4.78, 5) is 12.2. The van der Waals surface area contributed by atoms with Crippen molar-refractivity contribution >= 4 is 46.4 Å². The zero-order chi connectivity index (χ0) is 17.3. The largest absolute Gasteiger partial charge is 0.318 e. The Labute approximate surface area is 152 Å². The number of rotatable bonds is 4. The Hall–Kier alpha value is -2.02. The molecule has 24 heavy (non-hydrogen) atoms. The summed E-state index contributed by atoms with van der Waals surface area (Å²) >= 11 is 18.0. The highest BCUT2D eigenvalue weighted by Crippen LogP contribution is 2.22. The number of hydrogen-bond donors (Lipinski definition) is 1. The maximum atomic E-state index is 12.2. The third kappa shape index (κ3) is 3.72. The van der Waals surface area contributed by atoms with Crippen LogP contribution in [-0.4, -0.2) is 25.5 Å². The predicted octanol–water partition coefficient (Wildman–Crippen LogP) is 3.88. The smallest absolute Gasteiger partial charge is 0.277 e. The third-order valence-corrected chi connectivity index (χ3v) is 4.10. The molecular weight excluding hydrogens is 373 g/mol. The molecule has 0 spiro atoms. The zero-order valence-corrected chi connectivity index (χ0v) is 14.8. The minimum absolute atomic E-state index is 0.160. The maximum Gasteiger partial charge on any atom is 0.277 e. The molecule has 124 valence electrons. The minimum atomic E-state index is -0.398. The molecule has 0 atom stereocenters. The fourth-order valence-corrected chi connectivity index (χ4v) is 2.88. The molecule has 0 saturated heterocycles. The lowest BCUT2D eigenvalue weighted by Gasteiger charge is -2.05. The van der Waals surface area contributed by atoms with Crippen molar-refractivity contribution in [3.63, 3.8) is 0 Å². The van der Waals surface area contributed by atoms with E-state index in [4.69, 9.17) is 34.8 Å². The van der Waals surface area contributed by atoms with E-state index in [0.717, 1.165) is 5.56 Å². The summed E-state index contributed by atoms with van der Waals surface area (Å²) in [6.45, 7) is 0.455. The van der Waals surface area contributed by atoms with E-state index in [1.54, 1.807) is 42.5 Å². The van der Waals surface area contributed by atoms with E-state index in [1.807, 2.05) is 6.07 Å². The molecule has 0 saturated carbocycles. The van der Waals surface area contributed by atoms with Crippen molar-refractivity contribution in [2.45, 2.75) is 6.54 Å². The molecule has 2 aromatic heterocycles. The van der Waals surface area contributed by atoms with E-state index in [2.05, 4.69) is 15.5 Å². The van der Waals surface area contributed by atoms with Crippen LogP contribution >= 0.6 is 34.8 Å². The standard InChI is InChI=1S/C15H12Cl3N5O/c1-22-8-13(18)14(21-22)15(24)20-11-5-19-23(7-11)6-9-2-3-10(16)4-12(9)17/h2-5,7-8H,6H2,1H3,(H,20,24). The first-order chi connectivity index (χ1) is 11.4. The van der Waals surface area contributed by atoms with Crippen LogP contribution in [0.3, 0.4) is 0 Å². The van der Waals surface area contributed by atoms with Gasteiger partial charge < -0.3 is 5.32 Å². The zero-order valence-electron chi connectivity index (χ0n) is 12.5. The van der Waals surface area contributed by atoms with E-state index in [9.17, 15) is 4.79 Å². The number of nitrogens with zero attached hydrogens (tertiary/aromatic N) is 4. The second kappa shape index (κ2) is 6.84. The van der Waals surface area contributed by atoms with Gasteiger partial charge in [0.2, 0.25) is 0 Å². The number of aromatic nitrogens is 4. The van der Waals surface area contributed by atoms with Crippen molar-refractivity contribution < 1.29 is 4.79 Å². The molecule has 0 aliphatic heterocycles. The summed E-state index contributed by atoms with van der Waals surface area (Å²) in [5, 5.41) is 12.3. The Bertz CT molecular complexity index is 902. The Kier molecular flexibility index (Phi) is 4.80. The van der Waals surface area contributed by atoms with Crippen LogP contribution in [0.4, 0.5) is 5.69 Å². The molecule has 0 bridgehead atoms. The lowest BCUT2D eigenvalue weighted by molar-refractivity contribution is 0.102. The summed E-state index contributed by atoms with van der Waals surface area (Å²) < 4.78 is 3.13. The number of nitrogens with one attached hydrogen (secondary N) is 1. The molecule has 0 aliphatic rings. The topological polar surface area (TPSA) is 64.7 Å². The molecule has 0 unspecified atom stereocenters. The van der Waals surface area contributed by atoms with Gasteiger partial charge in [0, 0.05) is 29.5 Å². The van der Waals surface area contributed by atoms with E-state index < -0.39 is 5.91 Å². The highest BCUT2D eigenvalue weighted by molar-refractivity contribution is 6.35. The molecule has 0 fully saturated rings. The van der Waals surface area contributed by atoms with Crippen LogP contribution in [0.25, 0.3) is 0 Å². The van der Waals surface area contributed by atoms with Crippen LogP contribution < -0.4 is 5.32 Å².